The van der Waals surface area contributed by atoms with Crippen LogP contribution in [0, 0.1) is 0 Å². The molecule has 0 bridgehead atoms. The van der Waals surface area contributed by atoms with Crippen LogP contribution in [0.15, 0.2) is 36.5 Å². The summed E-state index contributed by atoms with van der Waals surface area (Å²) in [6.07, 6.45) is 2.78. The normalized spacial score (nSPS) is 12.4. The summed E-state index contributed by atoms with van der Waals surface area (Å²) in [5.74, 6) is 0.931. The van der Waals surface area contributed by atoms with Gasteiger partial charge in [0.05, 0.1) is 12.2 Å². The maximum atomic E-state index is 4.09. The maximum absolute atomic E-state index is 4.09. The van der Waals surface area contributed by atoms with Crippen LogP contribution in [0.25, 0.3) is 0 Å². The summed E-state index contributed by atoms with van der Waals surface area (Å²) in [6.45, 7) is 4.27. The van der Waals surface area contributed by atoms with Crippen molar-refractivity contribution in [2.75, 3.05) is 5.32 Å². The number of rotatable bonds is 4. The Morgan fingerprint density at radius 1 is 1.31 bits per heavy atom. The van der Waals surface area contributed by atoms with Gasteiger partial charge < -0.3 is 5.32 Å². The molecule has 0 amide bonds. The lowest BCUT2D eigenvalue weighted by Gasteiger charge is -2.13. The number of aromatic nitrogens is 3. The number of para-hydroxylation sites is 1. The Balaban J connectivity index is 2.19. The smallest absolute Gasteiger partial charge is 0.149 e. The van der Waals surface area contributed by atoms with Gasteiger partial charge in [-0.15, -0.1) is 5.10 Å². The highest BCUT2D eigenvalue weighted by Crippen LogP contribution is 2.19. The van der Waals surface area contributed by atoms with Crippen LogP contribution < -0.4 is 5.32 Å². The van der Waals surface area contributed by atoms with Crippen LogP contribution in [0.2, 0.25) is 0 Å². The highest BCUT2D eigenvalue weighted by Gasteiger charge is 2.08. The molecule has 4 heteroatoms. The van der Waals surface area contributed by atoms with Gasteiger partial charge in [0.1, 0.15) is 5.82 Å². The minimum absolute atomic E-state index is 0.355. The van der Waals surface area contributed by atoms with Gasteiger partial charge in [0, 0.05) is 5.69 Å². The molecule has 2 aromatic rings. The van der Waals surface area contributed by atoms with Gasteiger partial charge in [-0.05, 0) is 25.5 Å². The van der Waals surface area contributed by atoms with Crippen molar-refractivity contribution in [3.63, 3.8) is 0 Å². The van der Waals surface area contributed by atoms with Gasteiger partial charge in [-0.3, -0.25) is 0 Å². The molecule has 1 aromatic heterocycles. The highest BCUT2D eigenvalue weighted by atomic mass is 15.5. The van der Waals surface area contributed by atoms with E-state index in [0.717, 1.165) is 17.9 Å². The van der Waals surface area contributed by atoms with Crippen LogP contribution in [0.1, 0.15) is 26.3 Å². The Hall–Kier alpha value is -1.84. The van der Waals surface area contributed by atoms with E-state index >= 15 is 0 Å². The maximum Gasteiger partial charge on any atom is 0.149 e. The molecule has 16 heavy (non-hydrogen) atoms. The van der Waals surface area contributed by atoms with E-state index in [2.05, 4.69) is 29.5 Å². The predicted molar refractivity (Wildman–Crippen MR) is 64.7 cm³/mol. The fraction of sp³-hybridized carbons (Fsp3) is 0.333. The van der Waals surface area contributed by atoms with Crippen molar-refractivity contribution in [1.29, 1.82) is 0 Å². The molecule has 0 spiro atoms. The van der Waals surface area contributed by atoms with Crippen LogP contribution in [0.5, 0.6) is 0 Å². The fourth-order valence-corrected chi connectivity index (χ4v) is 1.50. The zero-order valence-corrected chi connectivity index (χ0v) is 9.59. The van der Waals surface area contributed by atoms with E-state index in [4.69, 9.17) is 0 Å². The topological polar surface area (TPSA) is 42.7 Å². The highest BCUT2D eigenvalue weighted by molar-refractivity contribution is 5.54. The largest absolute Gasteiger partial charge is 0.339 e. The number of nitrogens with one attached hydrogen (secondary N) is 1. The van der Waals surface area contributed by atoms with Gasteiger partial charge in [-0.1, -0.05) is 30.3 Å². The quantitative estimate of drug-likeness (QED) is 0.854. The minimum atomic E-state index is 0.355. The summed E-state index contributed by atoms with van der Waals surface area (Å²) in [5, 5.41) is 11.3. The molecule has 0 aliphatic rings. The zero-order chi connectivity index (χ0) is 11.4. The molecule has 0 saturated heterocycles. The van der Waals surface area contributed by atoms with Crippen LogP contribution in [0.4, 0.5) is 11.5 Å². The van der Waals surface area contributed by atoms with Gasteiger partial charge in [0.25, 0.3) is 0 Å². The lowest BCUT2D eigenvalue weighted by molar-refractivity contribution is 0.470. The zero-order valence-electron chi connectivity index (χ0n) is 9.59. The molecule has 1 aromatic carbocycles. The summed E-state index contributed by atoms with van der Waals surface area (Å²) >= 11 is 0. The first-order valence-electron chi connectivity index (χ1n) is 5.53. The number of benzene rings is 1. The number of anilines is 2. The molecule has 0 saturated carbocycles. The van der Waals surface area contributed by atoms with Crippen LogP contribution >= 0.6 is 0 Å². The summed E-state index contributed by atoms with van der Waals surface area (Å²) in [7, 11) is 0. The Morgan fingerprint density at radius 2 is 2.06 bits per heavy atom. The fourth-order valence-electron chi connectivity index (χ4n) is 1.50. The van der Waals surface area contributed by atoms with Gasteiger partial charge in [0.15, 0.2) is 0 Å². The van der Waals surface area contributed by atoms with Crippen LogP contribution in [-0.2, 0) is 0 Å². The third-order valence-electron chi connectivity index (χ3n) is 2.63. The van der Waals surface area contributed by atoms with E-state index in [1.165, 1.54) is 0 Å². The first-order valence-corrected chi connectivity index (χ1v) is 5.53. The SMILES string of the molecule is CCC(C)n1nncc1Nc1ccccc1. The van der Waals surface area contributed by atoms with Crippen molar-refractivity contribution >= 4 is 11.5 Å². The molecule has 0 radical (unpaired) electrons. The standard InChI is InChI=1S/C12H16N4/c1-3-10(2)16-12(9-13-15-16)14-11-7-5-4-6-8-11/h4-10,14H,3H2,1-2H3. The summed E-state index contributed by atoms with van der Waals surface area (Å²) < 4.78 is 1.91. The molecule has 0 fully saturated rings. The Morgan fingerprint density at radius 3 is 2.75 bits per heavy atom. The first kappa shape index (κ1) is 10.7. The molecule has 2 rings (SSSR count). The van der Waals surface area contributed by atoms with Gasteiger partial charge in [-0.2, -0.15) is 0 Å². The van der Waals surface area contributed by atoms with Crippen molar-refractivity contribution in [3.8, 4) is 0 Å². The molecule has 4 nitrogen and oxygen atoms in total. The number of hydrogen-bond acceptors (Lipinski definition) is 3. The average Bonchev–Trinajstić information content (AvgIpc) is 2.77. The third kappa shape index (κ3) is 2.21. The monoisotopic (exact) mass is 216 g/mol. The van der Waals surface area contributed by atoms with Gasteiger partial charge in [-0.25, -0.2) is 4.68 Å². The van der Waals surface area contributed by atoms with E-state index in [0.29, 0.717) is 6.04 Å². The minimum Gasteiger partial charge on any atom is -0.339 e. The van der Waals surface area contributed by atoms with Crippen molar-refractivity contribution < 1.29 is 0 Å². The second-order valence-corrected chi connectivity index (χ2v) is 3.81. The second-order valence-electron chi connectivity index (χ2n) is 3.81. The van der Waals surface area contributed by atoms with Gasteiger partial charge >= 0.3 is 0 Å². The molecular weight excluding hydrogens is 200 g/mol. The molecule has 0 aliphatic carbocycles. The molecule has 1 N–H and O–H groups in total. The molecule has 84 valence electrons. The van der Waals surface area contributed by atoms with E-state index in [-0.39, 0.29) is 0 Å². The van der Waals surface area contributed by atoms with E-state index < -0.39 is 0 Å². The molecule has 1 atom stereocenters. The Kier molecular flexibility index (Phi) is 3.19. The Bertz CT molecular complexity index is 435. The third-order valence-corrected chi connectivity index (χ3v) is 2.63. The van der Waals surface area contributed by atoms with Crippen molar-refractivity contribution in [2.24, 2.45) is 0 Å². The molecular formula is C12H16N4. The molecule has 1 unspecified atom stereocenters. The lowest BCUT2D eigenvalue weighted by atomic mass is 10.3. The van der Waals surface area contributed by atoms with Crippen LogP contribution in [-0.4, -0.2) is 15.0 Å². The summed E-state index contributed by atoms with van der Waals surface area (Å²) in [6, 6.07) is 10.4. The number of hydrogen-bond donors (Lipinski definition) is 1. The van der Waals surface area contributed by atoms with Crippen molar-refractivity contribution in [1.82, 2.24) is 15.0 Å². The number of nitrogens with zero attached hydrogens (tertiary/aromatic N) is 3. The molecule has 0 aliphatic heterocycles. The summed E-state index contributed by atoms with van der Waals surface area (Å²) in [4.78, 5) is 0. The predicted octanol–water partition coefficient (Wildman–Crippen LogP) is 2.99. The van der Waals surface area contributed by atoms with E-state index in [1.54, 1.807) is 6.20 Å². The average molecular weight is 216 g/mol. The first-order chi connectivity index (χ1) is 7.81. The second kappa shape index (κ2) is 4.79. The molecule has 1 heterocycles. The summed E-state index contributed by atoms with van der Waals surface area (Å²) in [5.41, 5.74) is 1.05. The van der Waals surface area contributed by atoms with Gasteiger partial charge in [0.2, 0.25) is 0 Å². The Labute approximate surface area is 95.3 Å². The van der Waals surface area contributed by atoms with E-state index in [1.807, 2.05) is 35.0 Å². The van der Waals surface area contributed by atoms with Crippen molar-refractivity contribution in [3.05, 3.63) is 36.5 Å². The van der Waals surface area contributed by atoms with Crippen molar-refractivity contribution in [2.45, 2.75) is 26.3 Å². The van der Waals surface area contributed by atoms with Crippen LogP contribution in [0.3, 0.4) is 0 Å². The lowest BCUT2D eigenvalue weighted by Crippen LogP contribution is -2.09. The van der Waals surface area contributed by atoms with E-state index in [9.17, 15) is 0 Å².